The third-order valence-corrected chi connectivity index (χ3v) is 6.69. The molecule has 1 aliphatic rings. The summed E-state index contributed by atoms with van der Waals surface area (Å²) in [6, 6.07) is -0.0590. The van der Waals surface area contributed by atoms with Gasteiger partial charge in [-0.1, -0.05) is 34.6 Å². The van der Waals surface area contributed by atoms with Gasteiger partial charge in [0.1, 0.15) is 4.90 Å². The van der Waals surface area contributed by atoms with Crippen molar-refractivity contribution in [2.24, 2.45) is 10.8 Å². The van der Waals surface area contributed by atoms with Gasteiger partial charge in [0.05, 0.1) is 11.4 Å². The molecule has 0 spiro atoms. The zero-order valence-electron chi connectivity index (χ0n) is 13.7. The van der Waals surface area contributed by atoms with Crippen molar-refractivity contribution in [2.75, 3.05) is 6.54 Å². The number of nitrogens with one attached hydrogen (secondary N) is 3. The molecule has 6 nitrogen and oxygen atoms in total. The number of hydrogen-bond donors (Lipinski definition) is 3. The first kappa shape index (κ1) is 16.5. The topological polar surface area (TPSA) is 86.9 Å². The number of hydrogen-bond acceptors (Lipinski definition) is 4. The Morgan fingerprint density at radius 2 is 1.81 bits per heavy atom. The van der Waals surface area contributed by atoms with Crippen LogP contribution in [0.5, 0.6) is 0 Å². The van der Waals surface area contributed by atoms with Gasteiger partial charge < -0.3 is 5.32 Å². The van der Waals surface area contributed by atoms with Gasteiger partial charge in [-0.15, -0.1) is 0 Å². The Hall–Kier alpha value is -0.920. The fraction of sp³-hybridized carbons (Fsp3) is 0.786. The van der Waals surface area contributed by atoms with Crippen LogP contribution in [-0.4, -0.2) is 31.2 Å². The number of nitrogens with zero attached hydrogens (tertiary/aromatic N) is 1. The van der Waals surface area contributed by atoms with Crippen LogP contribution in [0.25, 0.3) is 0 Å². The minimum atomic E-state index is -3.57. The van der Waals surface area contributed by atoms with E-state index in [0.29, 0.717) is 17.9 Å². The summed E-state index contributed by atoms with van der Waals surface area (Å²) in [5.41, 5.74) is 1.03. The summed E-state index contributed by atoms with van der Waals surface area (Å²) < 4.78 is 28.3. The summed E-state index contributed by atoms with van der Waals surface area (Å²) in [5, 5.41) is 10.0. The van der Waals surface area contributed by atoms with Gasteiger partial charge in [-0.2, -0.15) is 5.10 Å². The van der Waals surface area contributed by atoms with Crippen LogP contribution in [0, 0.1) is 17.8 Å². The highest BCUT2D eigenvalue weighted by Crippen LogP contribution is 2.63. The molecule has 0 atom stereocenters. The number of sulfonamides is 1. The molecule has 0 aromatic carbocycles. The fourth-order valence-electron chi connectivity index (χ4n) is 2.89. The predicted octanol–water partition coefficient (Wildman–Crippen LogP) is 1.54. The molecule has 0 bridgehead atoms. The zero-order chi connectivity index (χ0) is 16.1. The maximum absolute atomic E-state index is 12.7. The molecule has 0 aliphatic heterocycles. The second-order valence-electron chi connectivity index (χ2n) is 6.90. The second-order valence-corrected chi connectivity index (χ2v) is 8.55. The summed E-state index contributed by atoms with van der Waals surface area (Å²) in [6.07, 6.45) is 0. The molecule has 7 heteroatoms. The average molecular weight is 314 g/mol. The van der Waals surface area contributed by atoms with Crippen LogP contribution < -0.4 is 10.0 Å². The van der Waals surface area contributed by atoms with Gasteiger partial charge in [0.25, 0.3) is 0 Å². The molecule has 1 fully saturated rings. The molecule has 21 heavy (non-hydrogen) atoms. The molecular weight excluding hydrogens is 288 g/mol. The largest absolute Gasteiger partial charge is 0.311 e. The number of aromatic nitrogens is 2. The molecule has 120 valence electrons. The summed E-state index contributed by atoms with van der Waals surface area (Å²) in [6.45, 7) is 13.3. The summed E-state index contributed by atoms with van der Waals surface area (Å²) in [4.78, 5) is 0.280. The molecule has 3 N–H and O–H groups in total. The van der Waals surface area contributed by atoms with Crippen LogP contribution in [0.15, 0.2) is 4.90 Å². The lowest BCUT2D eigenvalue weighted by molar-refractivity contribution is 0.457. The minimum absolute atomic E-state index is 0.0421. The number of H-pyrrole nitrogens is 1. The molecule has 1 aliphatic carbocycles. The first-order valence-electron chi connectivity index (χ1n) is 7.32. The Morgan fingerprint density at radius 3 is 2.29 bits per heavy atom. The molecule has 1 saturated carbocycles. The lowest BCUT2D eigenvalue weighted by Crippen LogP contribution is -2.31. The Morgan fingerprint density at radius 1 is 1.24 bits per heavy atom. The van der Waals surface area contributed by atoms with E-state index in [1.165, 1.54) is 0 Å². The Kier molecular flexibility index (Phi) is 3.97. The number of aromatic amines is 1. The molecule has 2 rings (SSSR count). The smallest absolute Gasteiger partial charge is 0.244 e. The first-order valence-corrected chi connectivity index (χ1v) is 8.81. The summed E-state index contributed by atoms with van der Waals surface area (Å²) in [5.74, 6) is 0. The minimum Gasteiger partial charge on any atom is -0.311 e. The van der Waals surface area contributed by atoms with Crippen LogP contribution in [0.4, 0.5) is 0 Å². The van der Waals surface area contributed by atoms with Crippen molar-refractivity contribution in [1.29, 1.82) is 0 Å². The molecule has 0 radical (unpaired) electrons. The SMILES string of the molecule is CCNCc1n[nH]c(C)c1S(=O)(=O)NC1C(C)(C)C1(C)C. The summed E-state index contributed by atoms with van der Waals surface area (Å²) in [7, 11) is -3.57. The van der Waals surface area contributed by atoms with E-state index in [2.05, 4.69) is 47.9 Å². The highest BCUT2D eigenvalue weighted by Gasteiger charge is 2.66. The van der Waals surface area contributed by atoms with Gasteiger partial charge in [0.2, 0.25) is 10.0 Å². The van der Waals surface area contributed by atoms with E-state index in [9.17, 15) is 8.42 Å². The Labute approximate surface area is 127 Å². The van der Waals surface area contributed by atoms with E-state index in [1.807, 2.05) is 6.92 Å². The second kappa shape index (κ2) is 5.07. The van der Waals surface area contributed by atoms with Gasteiger partial charge in [0, 0.05) is 12.6 Å². The van der Waals surface area contributed by atoms with Crippen LogP contribution in [0.3, 0.4) is 0 Å². The maximum Gasteiger partial charge on any atom is 0.244 e. The van der Waals surface area contributed by atoms with E-state index in [0.717, 1.165) is 6.54 Å². The highest BCUT2D eigenvalue weighted by molar-refractivity contribution is 7.89. The van der Waals surface area contributed by atoms with Crippen molar-refractivity contribution in [2.45, 2.75) is 59.0 Å². The summed E-state index contributed by atoms with van der Waals surface area (Å²) >= 11 is 0. The van der Waals surface area contributed by atoms with E-state index < -0.39 is 10.0 Å². The lowest BCUT2D eigenvalue weighted by Gasteiger charge is -2.09. The van der Waals surface area contributed by atoms with E-state index in [1.54, 1.807) is 6.92 Å². The fourth-order valence-corrected chi connectivity index (χ4v) is 4.79. The number of rotatable bonds is 6. The van der Waals surface area contributed by atoms with Crippen LogP contribution >= 0.6 is 0 Å². The van der Waals surface area contributed by atoms with Crippen molar-refractivity contribution >= 4 is 10.0 Å². The molecule has 1 aromatic rings. The molecule has 0 saturated heterocycles. The van der Waals surface area contributed by atoms with Gasteiger partial charge in [-0.05, 0) is 24.3 Å². The first-order chi connectivity index (χ1) is 9.55. The quantitative estimate of drug-likeness (QED) is 0.743. The third-order valence-electron chi connectivity index (χ3n) is 5.07. The van der Waals surface area contributed by atoms with Crippen LogP contribution in [0.2, 0.25) is 0 Å². The molecule has 0 unspecified atom stereocenters. The van der Waals surface area contributed by atoms with E-state index in [-0.39, 0.29) is 21.8 Å². The third kappa shape index (κ3) is 2.62. The van der Waals surface area contributed by atoms with Crippen molar-refractivity contribution in [3.8, 4) is 0 Å². The highest BCUT2D eigenvalue weighted by atomic mass is 32.2. The normalized spacial score (nSPS) is 20.7. The van der Waals surface area contributed by atoms with Crippen molar-refractivity contribution < 1.29 is 8.42 Å². The van der Waals surface area contributed by atoms with Gasteiger partial charge >= 0.3 is 0 Å². The average Bonchev–Trinajstić information content (AvgIpc) is 2.67. The zero-order valence-corrected chi connectivity index (χ0v) is 14.5. The standard InChI is InChI=1S/C14H26N4O2S/c1-7-15-8-10-11(9(2)16-17-10)21(19,20)18-12-13(3,4)14(12,5)6/h12,15,18H,7-8H2,1-6H3,(H,16,17). The van der Waals surface area contributed by atoms with Crippen molar-refractivity contribution in [3.05, 3.63) is 11.4 Å². The monoisotopic (exact) mass is 314 g/mol. The van der Waals surface area contributed by atoms with Crippen molar-refractivity contribution in [1.82, 2.24) is 20.2 Å². The van der Waals surface area contributed by atoms with E-state index in [4.69, 9.17) is 0 Å². The molecule has 0 amide bonds. The number of aryl methyl sites for hydroxylation is 1. The molecule has 1 heterocycles. The Bertz CT molecular complexity index is 617. The van der Waals surface area contributed by atoms with Gasteiger partial charge in [0.15, 0.2) is 0 Å². The Balaban J connectivity index is 2.27. The molecule has 1 aromatic heterocycles. The van der Waals surface area contributed by atoms with E-state index >= 15 is 0 Å². The molecular formula is C14H26N4O2S. The predicted molar refractivity (Wildman–Crippen MR) is 82.4 cm³/mol. The van der Waals surface area contributed by atoms with Gasteiger partial charge in [-0.3, -0.25) is 5.10 Å². The van der Waals surface area contributed by atoms with Gasteiger partial charge in [-0.25, -0.2) is 13.1 Å². The van der Waals surface area contributed by atoms with Crippen LogP contribution in [0.1, 0.15) is 46.0 Å². The van der Waals surface area contributed by atoms with Crippen LogP contribution in [-0.2, 0) is 16.6 Å². The lowest BCUT2D eigenvalue weighted by atomic mass is 10.0. The maximum atomic E-state index is 12.7. The van der Waals surface area contributed by atoms with Crippen molar-refractivity contribution in [3.63, 3.8) is 0 Å².